The Morgan fingerprint density at radius 2 is 2.09 bits per heavy atom. The van der Waals surface area contributed by atoms with Crippen molar-refractivity contribution in [1.29, 1.82) is 0 Å². The second-order valence-electron chi connectivity index (χ2n) is 3.22. The average Bonchev–Trinajstić information content (AvgIpc) is 2.38. The quantitative estimate of drug-likeness (QED) is 0.633. The van der Waals surface area contributed by atoms with Crippen LogP contribution >= 0.6 is 0 Å². The summed E-state index contributed by atoms with van der Waals surface area (Å²) in [6.07, 6.45) is 7.14. The first-order chi connectivity index (χ1) is 5.21. The fourth-order valence-corrected chi connectivity index (χ4v) is 1.67. The van der Waals surface area contributed by atoms with Gasteiger partial charge in [0.2, 0.25) is 0 Å². The second kappa shape index (κ2) is 3.07. The van der Waals surface area contributed by atoms with Crippen molar-refractivity contribution in [2.45, 2.75) is 32.6 Å². The van der Waals surface area contributed by atoms with Crippen molar-refractivity contribution in [3.63, 3.8) is 0 Å². The molecule has 0 bridgehead atoms. The molecule has 0 fully saturated rings. The summed E-state index contributed by atoms with van der Waals surface area (Å²) in [6.45, 7) is 2.03. The van der Waals surface area contributed by atoms with E-state index in [1.54, 1.807) is 0 Å². The fraction of sp³-hybridized carbons (Fsp3) is 0.667. The Morgan fingerprint density at radius 1 is 1.55 bits per heavy atom. The summed E-state index contributed by atoms with van der Waals surface area (Å²) < 4.78 is 0. The molecule has 0 saturated heterocycles. The van der Waals surface area contributed by atoms with Crippen LogP contribution in [0.25, 0.3) is 0 Å². The molecule has 11 heavy (non-hydrogen) atoms. The Hall–Kier alpha value is -0.790. The largest absolute Gasteiger partial charge is 0.481 e. The van der Waals surface area contributed by atoms with E-state index in [0.29, 0.717) is 0 Å². The third-order valence-corrected chi connectivity index (χ3v) is 2.37. The van der Waals surface area contributed by atoms with E-state index in [-0.39, 0.29) is 0 Å². The third kappa shape index (κ3) is 1.44. The summed E-state index contributed by atoms with van der Waals surface area (Å²) in [4.78, 5) is 10.9. The molecule has 0 aliphatic heterocycles. The molecule has 62 valence electrons. The number of hydrogen-bond donors (Lipinski definition) is 1. The van der Waals surface area contributed by atoms with Gasteiger partial charge in [-0.3, -0.25) is 4.79 Å². The van der Waals surface area contributed by atoms with Crippen molar-refractivity contribution in [3.05, 3.63) is 12.2 Å². The van der Waals surface area contributed by atoms with Crippen LogP contribution in [0.1, 0.15) is 32.6 Å². The van der Waals surface area contributed by atoms with E-state index in [4.69, 9.17) is 5.11 Å². The van der Waals surface area contributed by atoms with Gasteiger partial charge < -0.3 is 5.11 Å². The topological polar surface area (TPSA) is 37.3 Å². The first-order valence-corrected chi connectivity index (χ1v) is 4.10. The first-order valence-electron chi connectivity index (χ1n) is 4.10. The molecule has 1 aliphatic rings. The van der Waals surface area contributed by atoms with Gasteiger partial charge in [0.25, 0.3) is 0 Å². The molecule has 0 saturated carbocycles. The lowest BCUT2D eigenvalue weighted by molar-refractivity contribution is -0.148. The van der Waals surface area contributed by atoms with E-state index in [9.17, 15) is 4.79 Å². The molecule has 0 aromatic rings. The lowest BCUT2D eigenvalue weighted by atomic mass is 9.81. The zero-order valence-corrected chi connectivity index (χ0v) is 6.84. The molecule has 1 aliphatic carbocycles. The lowest BCUT2D eigenvalue weighted by Gasteiger charge is -2.22. The number of carbonyl (C=O) groups is 1. The highest BCUT2D eigenvalue weighted by atomic mass is 16.4. The van der Waals surface area contributed by atoms with Gasteiger partial charge in [0.1, 0.15) is 0 Å². The molecule has 1 N–H and O–H groups in total. The summed E-state index contributed by atoms with van der Waals surface area (Å²) in [6, 6.07) is 0. The summed E-state index contributed by atoms with van der Waals surface area (Å²) in [5, 5.41) is 8.95. The third-order valence-electron chi connectivity index (χ3n) is 2.37. The maximum atomic E-state index is 10.9. The minimum absolute atomic E-state index is 0.450. The van der Waals surface area contributed by atoms with Crippen LogP contribution in [0.2, 0.25) is 0 Å². The van der Waals surface area contributed by atoms with Gasteiger partial charge in [-0.1, -0.05) is 25.5 Å². The molecule has 0 aromatic heterocycles. The highest BCUT2D eigenvalue weighted by Gasteiger charge is 2.37. The number of carboxylic acid groups (broad SMARTS) is 1. The highest BCUT2D eigenvalue weighted by Crippen LogP contribution is 2.37. The van der Waals surface area contributed by atoms with E-state index in [2.05, 4.69) is 0 Å². The van der Waals surface area contributed by atoms with Crippen LogP contribution in [-0.2, 0) is 4.79 Å². The van der Waals surface area contributed by atoms with Gasteiger partial charge >= 0.3 is 5.97 Å². The summed E-state index contributed by atoms with van der Waals surface area (Å²) >= 11 is 0. The molecule has 1 rings (SSSR count). The van der Waals surface area contributed by atoms with Gasteiger partial charge in [-0.25, -0.2) is 0 Å². The monoisotopic (exact) mass is 154 g/mol. The maximum absolute atomic E-state index is 10.9. The Labute approximate surface area is 66.9 Å². The Morgan fingerprint density at radius 3 is 2.45 bits per heavy atom. The second-order valence-corrected chi connectivity index (χ2v) is 3.22. The van der Waals surface area contributed by atoms with E-state index < -0.39 is 11.4 Å². The molecule has 0 amide bonds. The Bertz CT molecular complexity index is 174. The van der Waals surface area contributed by atoms with E-state index in [1.165, 1.54) is 0 Å². The van der Waals surface area contributed by atoms with Crippen LogP contribution in [0, 0.1) is 5.41 Å². The molecule has 0 aromatic carbocycles. The van der Waals surface area contributed by atoms with Gasteiger partial charge in [-0.15, -0.1) is 0 Å². The van der Waals surface area contributed by atoms with Crippen LogP contribution in [0.15, 0.2) is 12.2 Å². The molecule has 2 heteroatoms. The smallest absolute Gasteiger partial charge is 0.310 e. The van der Waals surface area contributed by atoms with Gasteiger partial charge in [0.15, 0.2) is 0 Å². The molecular formula is C9H14O2. The fourth-order valence-electron chi connectivity index (χ4n) is 1.67. The average molecular weight is 154 g/mol. The van der Waals surface area contributed by atoms with Crippen molar-refractivity contribution in [2.75, 3.05) is 0 Å². The zero-order valence-electron chi connectivity index (χ0n) is 6.84. The van der Waals surface area contributed by atoms with Gasteiger partial charge in [0, 0.05) is 0 Å². The number of carboxylic acids is 1. The van der Waals surface area contributed by atoms with Gasteiger partial charge in [0.05, 0.1) is 5.41 Å². The van der Waals surface area contributed by atoms with E-state index >= 15 is 0 Å². The predicted octanol–water partition coefficient (Wildman–Crippen LogP) is 2.21. The minimum Gasteiger partial charge on any atom is -0.481 e. The Balaban J connectivity index is 2.65. The van der Waals surface area contributed by atoms with Crippen molar-refractivity contribution in [1.82, 2.24) is 0 Å². The maximum Gasteiger partial charge on any atom is 0.310 e. The minimum atomic E-state index is -0.635. The SMILES string of the molecule is CCCC1(C(=O)O)CC=CC1. The zero-order chi connectivity index (χ0) is 8.32. The van der Waals surface area contributed by atoms with Crippen molar-refractivity contribution >= 4 is 5.97 Å². The number of aliphatic carboxylic acids is 1. The molecule has 0 radical (unpaired) electrons. The molecule has 0 unspecified atom stereocenters. The van der Waals surface area contributed by atoms with Crippen molar-refractivity contribution < 1.29 is 9.90 Å². The Kier molecular flexibility index (Phi) is 2.32. The number of hydrogen-bond acceptors (Lipinski definition) is 1. The van der Waals surface area contributed by atoms with Crippen LogP contribution in [0.4, 0.5) is 0 Å². The molecule has 0 heterocycles. The summed E-state index contributed by atoms with van der Waals surface area (Å²) in [5.41, 5.74) is -0.450. The van der Waals surface area contributed by atoms with Gasteiger partial charge in [-0.2, -0.15) is 0 Å². The van der Waals surface area contributed by atoms with Crippen LogP contribution in [0.3, 0.4) is 0 Å². The van der Waals surface area contributed by atoms with Crippen molar-refractivity contribution in [2.24, 2.45) is 5.41 Å². The van der Waals surface area contributed by atoms with Crippen LogP contribution in [0.5, 0.6) is 0 Å². The first kappa shape index (κ1) is 8.31. The lowest BCUT2D eigenvalue weighted by Crippen LogP contribution is -2.27. The van der Waals surface area contributed by atoms with Crippen molar-refractivity contribution in [3.8, 4) is 0 Å². The summed E-state index contributed by atoms with van der Waals surface area (Å²) in [7, 11) is 0. The van der Waals surface area contributed by atoms with E-state index in [0.717, 1.165) is 25.7 Å². The highest BCUT2D eigenvalue weighted by molar-refractivity contribution is 5.75. The number of allylic oxidation sites excluding steroid dienone is 2. The molecule has 0 atom stereocenters. The van der Waals surface area contributed by atoms with Crippen LogP contribution in [-0.4, -0.2) is 11.1 Å². The molecule has 2 nitrogen and oxygen atoms in total. The van der Waals surface area contributed by atoms with Gasteiger partial charge in [-0.05, 0) is 19.3 Å². The molecule has 0 spiro atoms. The standard InChI is InChI=1S/C9H14O2/c1-2-5-9(8(10)11)6-3-4-7-9/h3-4H,2,5-7H2,1H3,(H,10,11). The summed E-state index contributed by atoms with van der Waals surface area (Å²) in [5.74, 6) is -0.635. The van der Waals surface area contributed by atoms with E-state index in [1.807, 2.05) is 19.1 Å². The normalized spacial score (nSPS) is 20.5. The van der Waals surface area contributed by atoms with Crippen LogP contribution < -0.4 is 0 Å². The number of rotatable bonds is 3. The predicted molar refractivity (Wildman–Crippen MR) is 43.4 cm³/mol. The molecular weight excluding hydrogens is 140 g/mol.